The minimum atomic E-state index is -4.42. The largest absolute Gasteiger partial charge is 0.490 e. The van der Waals surface area contributed by atoms with Gasteiger partial charge in [0.1, 0.15) is 18.0 Å². The molecule has 236 valence electrons. The molecule has 0 radical (unpaired) electrons. The maximum absolute atomic E-state index is 13.5. The van der Waals surface area contributed by atoms with Crippen LogP contribution in [0.5, 0.6) is 5.75 Å². The highest BCUT2D eigenvalue weighted by Gasteiger charge is 2.33. The Morgan fingerprint density at radius 2 is 1.60 bits per heavy atom. The van der Waals surface area contributed by atoms with E-state index in [0.717, 1.165) is 90.6 Å². The number of amides is 1. The lowest BCUT2D eigenvalue weighted by atomic mass is 9.91. The molecule has 1 atom stereocenters. The molecule has 3 aromatic carbocycles. The Bertz CT molecular complexity index is 1670. The van der Waals surface area contributed by atoms with Gasteiger partial charge in [0.2, 0.25) is 0 Å². The van der Waals surface area contributed by atoms with Crippen LogP contribution >= 0.6 is 0 Å². The van der Waals surface area contributed by atoms with Crippen molar-refractivity contribution in [3.05, 3.63) is 72.3 Å². The first kappa shape index (κ1) is 29.7. The molecule has 1 saturated heterocycles. The van der Waals surface area contributed by atoms with Crippen molar-refractivity contribution in [1.82, 2.24) is 4.57 Å². The summed E-state index contributed by atoms with van der Waals surface area (Å²) in [6.45, 7) is 3.27. The molecule has 2 aliphatic carbocycles. The molecule has 1 aromatic heterocycles. The van der Waals surface area contributed by atoms with Gasteiger partial charge in [-0.1, -0.05) is 24.3 Å². The molecule has 0 bridgehead atoms. The standard InChI is InChI=1S/C36H37F3N2O4/c1-22(23-5-6-23)44-35(42)40-27-13-9-25(10-14-27)34-33(24-7-11-26(12-8-24)36(37,38)39)31-16-15-30(45-29-17-19-43-20-18-29)21-32(31)41(34)28-3-2-4-28/h7-16,21-23,28-29H,2-6,17-20H2,1H3,(H,40,42). The number of hydrogen-bond donors (Lipinski definition) is 1. The van der Waals surface area contributed by atoms with Crippen molar-refractivity contribution in [2.75, 3.05) is 18.5 Å². The number of halogens is 3. The number of carbonyl (C=O) groups excluding carboxylic acids is 1. The van der Waals surface area contributed by atoms with Crippen LogP contribution in [-0.2, 0) is 15.7 Å². The zero-order valence-electron chi connectivity index (χ0n) is 25.2. The molecule has 4 aromatic rings. The molecular formula is C36H37F3N2O4. The Labute approximate surface area is 260 Å². The third kappa shape index (κ3) is 6.27. The van der Waals surface area contributed by atoms with Crippen molar-refractivity contribution in [2.45, 2.75) is 76.3 Å². The first-order valence-corrected chi connectivity index (χ1v) is 15.9. The van der Waals surface area contributed by atoms with Crippen LogP contribution in [0.1, 0.15) is 63.5 Å². The number of benzene rings is 3. The van der Waals surface area contributed by atoms with E-state index in [1.807, 2.05) is 43.3 Å². The van der Waals surface area contributed by atoms with Gasteiger partial charge in [0, 0.05) is 41.6 Å². The van der Waals surface area contributed by atoms with E-state index in [9.17, 15) is 18.0 Å². The van der Waals surface area contributed by atoms with E-state index in [0.29, 0.717) is 30.4 Å². The van der Waals surface area contributed by atoms with Crippen LogP contribution < -0.4 is 10.1 Å². The number of hydrogen-bond acceptors (Lipinski definition) is 4. The van der Waals surface area contributed by atoms with E-state index in [1.165, 1.54) is 0 Å². The smallest absolute Gasteiger partial charge is 0.416 e. The average molecular weight is 619 g/mol. The number of anilines is 1. The zero-order chi connectivity index (χ0) is 31.1. The van der Waals surface area contributed by atoms with Gasteiger partial charge in [-0.3, -0.25) is 5.32 Å². The highest BCUT2D eigenvalue weighted by atomic mass is 19.4. The quantitative estimate of drug-likeness (QED) is 0.214. The lowest BCUT2D eigenvalue weighted by molar-refractivity contribution is -0.137. The number of fused-ring (bicyclic) bond motifs is 1. The Hall–Kier alpha value is -3.98. The maximum Gasteiger partial charge on any atom is 0.416 e. The molecule has 7 rings (SSSR count). The minimum absolute atomic E-state index is 0.0798. The van der Waals surface area contributed by atoms with Crippen molar-refractivity contribution < 1.29 is 32.2 Å². The molecule has 3 aliphatic rings. The van der Waals surface area contributed by atoms with Crippen molar-refractivity contribution in [3.8, 4) is 28.1 Å². The van der Waals surface area contributed by atoms with Gasteiger partial charge >= 0.3 is 12.3 Å². The van der Waals surface area contributed by atoms with Gasteiger partial charge in [0.15, 0.2) is 0 Å². The molecule has 1 N–H and O–H groups in total. The van der Waals surface area contributed by atoms with E-state index < -0.39 is 17.8 Å². The van der Waals surface area contributed by atoms with Gasteiger partial charge in [0.05, 0.1) is 30.0 Å². The number of carbonyl (C=O) groups is 1. The van der Waals surface area contributed by atoms with Crippen molar-refractivity contribution in [3.63, 3.8) is 0 Å². The molecule has 2 saturated carbocycles. The summed E-state index contributed by atoms with van der Waals surface area (Å²) in [6, 6.07) is 19.3. The van der Waals surface area contributed by atoms with Crippen molar-refractivity contribution in [2.24, 2.45) is 5.92 Å². The molecule has 3 fully saturated rings. The molecule has 1 amide bonds. The van der Waals surface area contributed by atoms with Gasteiger partial charge < -0.3 is 18.8 Å². The first-order valence-electron chi connectivity index (χ1n) is 15.9. The van der Waals surface area contributed by atoms with Crippen LogP contribution in [-0.4, -0.2) is 36.1 Å². The first-order chi connectivity index (χ1) is 21.7. The van der Waals surface area contributed by atoms with E-state index in [4.69, 9.17) is 14.2 Å². The molecule has 45 heavy (non-hydrogen) atoms. The number of nitrogens with zero attached hydrogens (tertiary/aromatic N) is 1. The Morgan fingerprint density at radius 3 is 2.22 bits per heavy atom. The number of ether oxygens (including phenoxy) is 3. The molecule has 1 aliphatic heterocycles. The molecule has 1 unspecified atom stereocenters. The minimum Gasteiger partial charge on any atom is -0.490 e. The van der Waals surface area contributed by atoms with Crippen LogP contribution in [0.3, 0.4) is 0 Å². The Balaban J connectivity index is 1.30. The number of rotatable bonds is 8. The fourth-order valence-electron chi connectivity index (χ4n) is 6.47. The zero-order valence-corrected chi connectivity index (χ0v) is 25.2. The predicted molar refractivity (Wildman–Crippen MR) is 167 cm³/mol. The highest BCUT2D eigenvalue weighted by Crippen LogP contribution is 2.48. The second-order valence-corrected chi connectivity index (χ2v) is 12.5. The summed E-state index contributed by atoms with van der Waals surface area (Å²) < 4.78 is 60.3. The summed E-state index contributed by atoms with van der Waals surface area (Å²) >= 11 is 0. The Kier molecular flexibility index (Phi) is 7.98. The van der Waals surface area contributed by atoms with Crippen LogP contribution in [0.4, 0.5) is 23.7 Å². The summed E-state index contributed by atoms with van der Waals surface area (Å²) in [6.07, 6.45) is 2.04. The van der Waals surface area contributed by atoms with Crippen LogP contribution in [0.15, 0.2) is 66.7 Å². The van der Waals surface area contributed by atoms with Gasteiger partial charge in [-0.05, 0) is 92.5 Å². The second kappa shape index (κ2) is 12.1. The van der Waals surface area contributed by atoms with Gasteiger partial charge in [-0.25, -0.2) is 4.79 Å². The SMILES string of the molecule is CC(OC(=O)Nc1ccc(-c2c(-c3ccc(C(F)(F)F)cc3)c3ccc(OC4CCOCC4)cc3n2C2CCC2)cc1)C1CC1. The summed E-state index contributed by atoms with van der Waals surface area (Å²) in [5, 5.41) is 3.79. The van der Waals surface area contributed by atoms with Crippen LogP contribution in [0.25, 0.3) is 33.3 Å². The van der Waals surface area contributed by atoms with Gasteiger partial charge in [-0.15, -0.1) is 0 Å². The lowest BCUT2D eigenvalue weighted by Gasteiger charge is -2.30. The number of alkyl halides is 3. The fourth-order valence-corrected chi connectivity index (χ4v) is 6.47. The highest BCUT2D eigenvalue weighted by molar-refractivity contribution is 6.05. The molecule has 9 heteroatoms. The topological polar surface area (TPSA) is 61.7 Å². The van der Waals surface area contributed by atoms with Gasteiger partial charge in [0.25, 0.3) is 0 Å². The molecule has 6 nitrogen and oxygen atoms in total. The van der Waals surface area contributed by atoms with Crippen molar-refractivity contribution >= 4 is 22.7 Å². The third-order valence-corrected chi connectivity index (χ3v) is 9.37. The van der Waals surface area contributed by atoms with Gasteiger partial charge in [-0.2, -0.15) is 13.2 Å². The summed E-state index contributed by atoms with van der Waals surface area (Å²) in [4.78, 5) is 12.5. The normalized spacial score (nSPS) is 18.4. The maximum atomic E-state index is 13.5. The van der Waals surface area contributed by atoms with E-state index in [-0.39, 0.29) is 18.2 Å². The summed E-state index contributed by atoms with van der Waals surface area (Å²) in [5.74, 6) is 1.22. The predicted octanol–water partition coefficient (Wildman–Crippen LogP) is 9.62. The molecule has 2 heterocycles. The summed E-state index contributed by atoms with van der Waals surface area (Å²) in [5.41, 5.74) is 4.36. The fraction of sp³-hybridized carbons (Fsp3) is 0.417. The molecular weight excluding hydrogens is 581 g/mol. The van der Waals surface area contributed by atoms with Crippen LogP contribution in [0.2, 0.25) is 0 Å². The van der Waals surface area contributed by atoms with E-state index in [2.05, 4.69) is 16.0 Å². The molecule has 0 spiro atoms. The van der Waals surface area contributed by atoms with Crippen molar-refractivity contribution in [1.29, 1.82) is 0 Å². The van der Waals surface area contributed by atoms with E-state index >= 15 is 0 Å². The third-order valence-electron chi connectivity index (χ3n) is 9.37. The number of aromatic nitrogens is 1. The number of nitrogens with one attached hydrogen (secondary N) is 1. The average Bonchev–Trinajstić information content (AvgIpc) is 3.81. The summed E-state index contributed by atoms with van der Waals surface area (Å²) in [7, 11) is 0. The lowest BCUT2D eigenvalue weighted by Crippen LogP contribution is -2.25. The second-order valence-electron chi connectivity index (χ2n) is 12.5. The Morgan fingerprint density at radius 1 is 0.911 bits per heavy atom. The monoisotopic (exact) mass is 618 g/mol. The van der Waals surface area contributed by atoms with Crippen LogP contribution in [0, 0.1) is 5.92 Å². The van der Waals surface area contributed by atoms with E-state index in [1.54, 1.807) is 12.1 Å².